The molecule has 0 saturated carbocycles. The molecule has 2 aromatic rings. The first-order valence-corrected chi connectivity index (χ1v) is 9.83. The minimum Gasteiger partial charge on any atom is -0.480 e. The summed E-state index contributed by atoms with van der Waals surface area (Å²) in [6, 6.07) is 11.7. The van der Waals surface area contributed by atoms with E-state index in [1.807, 2.05) is 35.4 Å². The molecule has 2 unspecified atom stereocenters. The summed E-state index contributed by atoms with van der Waals surface area (Å²) >= 11 is 1.59. The molecule has 1 aliphatic rings. The van der Waals surface area contributed by atoms with Gasteiger partial charge in [0.15, 0.2) is 0 Å². The fourth-order valence-corrected chi connectivity index (χ4v) is 3.99. The Hall–Kier alpha value is -1.99. The van der Waals surface area contributed by atoms with Crippen molar-refractivity contribution in [1.82, 2.24) is 4.90 Å². The van der Waals surface area contributed by atoms with Gasteiger partial charge in [-0.3, -0.25) is 9.69 Å². The number of carboxylic acids is 1. The predicted octanol–water partition coefficient (Wildman–Crippen LogP) is 5.07. The van der Waals surface area contributed by atoms with E-state index >= 15 is 0 Å². The topological polar surface area (TPSA) is 40.5 Å². The zero-order valence-electron chi connectivity index (χ0n) is 14.7. The normalized spacial score (nSPS) is 19.2. The van der Waals surface area contributed by atoms with Crippen LogP contribution in [-0.2, 0) is 11.0 Å². The molecule has 0 spiro atoms. The lowest BCUT2D eigenvalue weighted by Gasteiger charge is -2.32. The zero-order chi connectivity index (χ0) is 19.6. The highest BCUT2D eigenvalue weighted by molar-refractivity contribution is 7.98. The summed E-state index contributed by atoms with van der Waals surface area (Å²) in [7, 11) is 0. The third-order valence-corrected chi connectivity index (χ3v) is 5.64. The monoisotopic (exact) mass is 395 g/mol. The van der Waals surface area contributed by atoms with E-state index in [0.717, 1.165) is 29.0 Å². The van der Waals surface area contributed by atoms with Gasteiger partial charge in [0.1, 0.15) is 6.04 Å². The Bertz CT molecular complexity index is 790. The van der Waals surface area contributed by atoms with Crippen molar-refractivity contribution in [2.45, 2.75) is 36.0 Å². The van der Waals surface area contributed by atoms with Gasteiger partial charge in [-0.2, -0.15) is 13.2 Å². The van der Waals surface area contributed by atoms with Crippen LogP contribution in [0.25, 0.3) is 0 Å². The number of likely N-dealkylation sites (tertiary alicyclic amines) is 1. The average molecular weight is 395 g/mol. The van der Waals surface area contributed by atoms with Gasteiger partial charge in [0.05, 0.1) is 11.6 Å². The lowest BCUT2D eigenvalue weighted by molar-refractivity contribution is -0.142. The van der Waals surface area contributed by atoms with Gasteiger partial charge < -0.3 is 5.11 Å². The Morgan fingerprint density at radius 2 is 1.67 bits per heavy atom. The van der Waals surface area contributed by atoms with Crippen LogP contribution in [0.15, 0.2) is 53.4 Å². The quantitative estimate of drug-likeness (QED) is 0.718. The minimum absolute atomic E-state index is 0.396. The second-order valence-corrected chi connectivity index (χ2v) is 7.41. The van der Waals surface area contributed by atoms with Crippen LogP contribution in [0, 0.1) is 0 Å². The average Bonchev–Trinajstić information content (AvgIpc) is 3.12. The van der Waals surface area contributed by atoms with Crippen molar-refractivity contribution in [1.29, 1.82) is 0 Å². The summed E-state index contributed by atoms with van der Waals surface area (Å²) in [5.41, 5.74) is 0.827. The fraction of sp³-hybridized carbons (Fsp3) is 0.350. The first-order valence-electron chi connectivity index (χ1n) is 8.61. The van der Waals surface area contributed by atoms with Gasteiger partial charge in [0, 0.05) is 11.4 Å². The number of thioether (sulfide) groups is 1. The van der Waals surface area contributed by atoms with Crippen molar-refractivity contribution < 1.29 is 23.1 Å². The molecule has 0 amide bonds. The number of carboxylic acid groups (broad SMARTS) is 1. The van der Waals surface area contributed by atoms with E-state index < -0.39 is 29.8 Å². The fourth-order valence-electron chi connectivity index (χ4n) is 3.58. The second kappa shape index (κ2) is 7.94. The number of benzene rings is 2. The molecule has 1 N–H and O–H groups in total. The highest BCUT2D eigenvalue weighted by Gasteiger charge is 2.37. The van der Waals surface area contributed by atoms with Crippen molar-refractivity contribution in [2.75, 3.05) is 12.8 Å². The molecule has 7 heteroatoms. The lowest BCUT2D eigenvalue weighted by atomic mass is 9.95. The van der Waals surface area contributed by atoms with Crippen molar-refractivity contribution in [2.24, 2.45) is 0 Å². The maximum absolute atomic E-state index is 12.9. The molecule has 0 bridgehead atoms. The van der Waals surface area contributed by atoms with Gasteiger partial charge in [-0.1, -0.05) is 24.3 Å². The SMILES string of the molecule is CSc1ccc(C(c2ccc(C(F)(F)F)cc2)N2CCCC2C(=O)O)cc1. The molecule has 2 aromatic carbocycles. The van der Waals surface area contributed by atoms with E-state index in [-0.39, 0.29) is 0 Å². The Kier molecular flexibility index (Phi) is 5.81. The number of aliphatic carboxylic acids is 1. The van der Waals surface area contributed by atoms with E-state index in [0.29, 0.717) is 18.5 Å². The number of alkyl halides is 3. The number of hydrogen-bond donors (Lipinski definition) is 1. The molecule has 1 fully saturated rings. The first-order chi connectivity index (χ1) is 12.8. The summed E-state index contributed by atoms with van der Waals surface area (Å²) in [6.45, 7) is 0.590. The van der Waals surface area contributed by atoms with Crippen LogP contribution in [0.4, 0.5) is 13.2 Å². The van der Waals surface area contributed by atoms with Crippen molar-refractivity contribution in [3.63, 3.8) is 0 Å². The highest BCUT2D eigenvalue weighted by atomic mass is 32.2. The summed E-state index contributed by atoms with van der Waals surface area (Å²) in [5, 5.41) is 9.57. The van der Waals surface area contributed by atoms with Crippen LogP contribution >= 0.6 is 11.8 Å². The molecular weight excluding hydrogens is 375 g/mol. The summed E-state index contributed by atoms with van der Waals surface area (Å²) < 4.78 is 38.7. The number of hydrogen-bond acceptors (Lipinski definition) is 3. The van der Waals surface area contributed by atoms with Gasteiger partial charge in [0.2, 0.25) is 0 Å². The molecule has 3 nitrogen and oxygen atoms in total. The van der Waals surface area contributed by atoms with E-state index in [1.54, 1.807) is 11.8 Å². The lowest BCUT2D eigenvalue weighted by Crippen LogP contribution is -2.39. The van der Waals surface area contributed by atoms with Crippen molar-refractivity contribution in [3.05, 3.63) is 65.2 Å². The minimum atomic E-state index is -4.40. The van der Waals surface area contributed by atoms with E-state index in [4.69, 9.17) is 0 Å². The summed E-state index contributed by atoms with van der Waals surface area (Å²) in [6.07, 6.45) is -1.15. The maximum atomic E-state index is 12.9. The third kappa shape index (κ3) is 4.30. The van der Waals surface area contributed by atoms with Gasteiger partial charge >= 0.3 is 12.1 Å². The molecule has 0 aromatic heterocycles. The van der Waals surface area contributed by atoms with Crippen LogP contribution in [0.1, 0.15) is 35.6 Å². The van der Waals surface area contributed by atoms with Crippen molar-refractivity contribution >= 4 is 17.7 Å². The number of nitrogens with zero attached hydrogens (tertiary/aromatic N) is 1. The molecule has 0 radical (unpaired) electrons. The van der Waals surface area contributed by atoms with Crippen LogP contribution in [0.3, 0.4) is 0 Å². The number of carbonyl (C=O) groups is 1. The predicted molar refractivity (Wildman–Crippen MR) is 98.9 cm³/mol. The van der Waals surface area contributed by atoms with Gasteiger partial charge in [0.25, 0.3) is 0 Å². The van der Waals surface area contributed by atoms with Crippen LogP contribution in [-0.4, -0.2) is 34.8 Å². The van der Waals surface area contributed by atoms with E-state index in [1.165, 1.54) is 12.1 Å². The molecular formula is C20H20F3NO2S. The molecule has 27 heavy (non-hydrogen) atoms. The first kappa shape index (κ1) is 19.8. The Balaban J connectivity index is 2.02. The smallest absolute Gasteiger partial charge is 0.416 e. The van der Waals surface area contributed by atoms with E-state index in [9.17, 15) is 23.1 Å². The Morgan fingerprint density at radius 1 is 1.11 bits per heavy atom. The zero-order valence-corrected chi connectivity index (χ0v) is 15.6. The molecule has 1 aliphatic heterocycles. The number of rotatable bonds is 5. The molecule has 144 valence electrons. The summed E-state index contributed by atoms with van der Waals surface area (Å²) in [4.78, 5) is 14.6. The molecule has 3 rings (SSSR count). The third-order valence-electron chi connectivity index (χ3n) is 4.90. The molecule has 1 saturated heterocycles. The van der Waals surface area contributed by atoms with E-state index in [2.05, 4.69) is 0 Å². The number of halogens is 3. The molecule has 2 atom stereocenters. The Labute approximate surface area is 160 Å². The van der Waals surface area contributed by atoms with Crippen LogP contribution < -0.4 is 0 Å². The van der Waals surface area contributed by atoms with Crippen LogP contribution in [0.2, 0.25) is 0 Å². The second-order valence-electron chi connectivity index (χ2n) is 6.53. The molecule has 0 aliphatic carbocycles. The maximum Gasteiger partial charge on any atom is 0.416 e. The van der Waals surface area contributed by atoms with Gasteiger partial charge in [-0.05, 0) is 54.5 Å². The van der Waals surface area contributed by atoms with Crippen LogP contribution in [0.5, 0.6) is 0 Å². The highest BCUT2D eigenvalue weighted by Crippen LogP contribution is 2.37. The molecule has 1 heterocycles. The van der Waals surface area contributed by atoms with Crippen molar-refractivity contribution in [3.8, 4) is 0 Å². The standard InChI is InChI=1S/C20H20F3NO2S/c1-27-16-10-6-14(7-11-16)18(24-12-2-3-17(24)19(25)26)13-4-8-15(9-5-13)20(21,22)23/h4-11,17-18H,2-3,12H2,1H3,(H,25,26). The van der Waals surface area contributed by atoms with Gasteiger partial charge in [-0.25, -0.2) is 0 Å². The van der Waals surface area contributed by atoms with Gasteiger partial charge in [-0.15, -0.1) is 11.8 Å². The largest absolute Gasteiger partial charge is 0.480 e. The summed E-state index contributed by atoms with van der Waals surface area (Å²) in [5.74, 6) is -0.898. The Morgan fingerprint density at radius 3 is 2.15 bits per heavy atom.